The summed E-state index contributed by atoms with van der Waals surface area (Å²) in [5, 5.41) is 20.4. The molecule has 84 valence electrons. The van der Waals surface area contributed by atoms with Crippen LogP contribution in [0.2, 0.25) is 0 Å². The second-order valence-corrected chi connectivity index (χ2v) is 4.89. The van der Waals surface area contributed by atoms with Crippen molar-refractivity contribution in [2.24, 2.45) is 0 Å². The van der Waals surface area contributed by atoms with E-state index in [0.29, 0.717) is 5.46 Å². The normalized spacial score (nSPS) is 11.2. The van der Waals surface area contributed by atoms with Crippen molar-refractivity contribution in [2.45, 2.75) is 0 Å². The number of hydrogen-bond donors (Lipinski definition) is 2. The van der Waals surface area contributed by atoms with Crippen molar-refractivity contribution in [1.82, 2.24) is 0 Å². The summed E-state index contributed by atoms with van der Waals surface area (Å²) in [5.74, 6) is -0.282. The van der Waals surface area contributed by atoms with Crippen LogP contribution in [-0.2, 0) is 0 Å². The molecule has 2 N–H and O–H groups in total. The highest BCUT2D eigenvalue weighted by atomic mass is 32.1. The molecule has 0 atom stereocenters. The van der Waals surface area contributed by atoms with Gasteiger partial charge in [0.1, 0.15) is 5.82 Å². The number of hydrogen-bond acceptors (Lipinski definition) is 3. The quantitative estimate of drug-likeness (QED) is 0.643. The lowest BCUT2D eigenvalue weighted by molar-refractivity contribution is 0.426. The lowest BCUT2D eigenvalue weighted by atomic mass is 9.80. The van der Waals surface area contributed by atoms with Crippen LogP contribution in [0.3, 0.4) is 0 Å². The lowest BCUT2D eigenvalue weighted by Crippen LogP contribution is -2.29. The first kappa shape index (κ1) is 10.7. The average Bonchev–Trinajstić information content (AvgIpc) is 2.65. The molecule has 1 heterocycles. The van der Waals surface area contributed by atoms with E-state index in [9.17, 15) is 14.4 Å². The van der Waals surface area contributed by atoms with Crippen LogP contribution < -0.4 is 5.46 Å². The van der Waals surface area contributed by atoms with E-state index in [0.717, 1.165) is 20.2 Å². The summed E-state index contributed by atoms with van der Waals surface area (Å²) in [7, 11) is -1.50. The fourth-order valence-corrected chi connectivity index (χ4v) is 3.26. The maximum Gasteiger partial charge on any atom is 0.489 e. The molecule has 0 unspecified atom stereocenters. The maximum absolute atomic E-state index is 13.1. The van der Waals surface area contributed by atoms with Gasteiger partial charge >= 0.3 is 7.12 Å². The van der Waals surface area contributed by atoms with Crippen LogP contribution in [0.25, 0.3) is 20.2 Å². The summed E-state index contributed by atoms with van der Waals surface area (Å²) in [4.78, 5) is 0. The SMILES string of the molecule is OB(O)c1cccc2c1sc1cc(F)ccc12. The summed E-state index contributed by atoms with van der Waals surface area (Å²) in [6, 6.07) is 9.93. The second kappa shape index (κ2) is 3.80. The van der Waals surface area contributed by atoms with E-state index >= 15 is 0 Å². The third-order valence-corrected chi connectivity index (χ3v) is 3.99. The zero-order valence-corrected chi connectivity index (χ0v) is 9.54. The molecule has 2 aromatic carbocycles. The molecule has 3 rings (SSSR count). The molecule has 17 heavy (non-hydrogen) atoms. The Morgan fingerprint density at radius 1 is 1.06 bits per heavy atom. The van der Waals surface area contributed by atoms with E-state index in [2.05, 4.69) is 0 Å². The van der Waals surface area contributed by atoms with Gasteiger partial charge in [-0.05, 0) is 23.0 Å². The topological polar surface area (TPSA) is 40.5 Å². The molecule has 5 heteroatoms. The van der Waals surface area contributed by atoms with Gasteiger partial charge in [-0.1, -0.05) is 24.3 Å². The van der Waals surface area contributed by atoms with Crippen molar-refractivity contribution in [2.75, 3.05) is 0 Å². The van der Waals surface area contributed by atoms with E-state index < -0.39 is 7.12 Å². The second-order valence-electron chi connectivity index (χ2n) is 3.84. The Labute approximate surface area is 101 Å². The average molecular weight is 246 g/mol. The van der Waals surface area contributed by atoms with Crippen LogP contribution in [0.15, 0.2) is 36.4 Å². The number of rotatable bonds is 1. The predicted molar refractivity (Wildman–Crippen MR) is 69.1 cm³/mol. The Kier molecular flexibility index (Phi) is 2.40. The molecule has 1 aromatic heterocycles. The summed E-state index contributed by atoms with van der Waals surface area (Å²) in [6.45, 7) is 0. The van der Waals surface area contributed by atoms with Crippen LogP contribution in [0, 0.1) is 5.82 Å². The molecular formula is C12H8BFO2S. The minimum atomic E-state index is -1.50. The highest BCUT2D eigenvalue weighted by Crippen LogP contribution is 2.33. The van der Waals surface area contributed by atoms with Crippen LogP contribution in [0.1, 0.15) is 0 Å². The van der Waals surface area contributed by atoms with Gasteiger partial charge in [-0.3, -0.25) is 0 Å². The molecular weight excluding hydrogens is 238 g/mol. The first-order chi connectivity index (χ1) is 8.16. The van der Waals surface area contributed by atoms with Gasteiger partial charge < -0.3 is 10.0 Å². The first-order valence-electron chi connectivity index (χ1n) is 5.13. The maximum atomic E-state index is 13.1. The molecule has 0 spiro atoms. The predicted octanol–water partition coefficient (Wildman–Crippen LogP) is 1.87. The van der Waals surface area contributed by atoms with Gasteiger partial charge in [0, 0.05) is 14.8 Å². The highest BCUT2D eigenvalue weighted by Gasteiger charge is 2.17. The summed E-state index contributed by atoms with van der Waals surface area (Å²) >= 11 is 1.37. The zero-order valence-electron chi connectivity index (χ0n) is 8.72. The van der Waals surface area contributed by atoms with Crippen molar-refractivity contribution in [1.29, 1.82) is 0 Å². The van der Waals surface area contributed by atoms with Gasteiger partial charge in [-0.25, -0.2) is 4.39 Å². The minimum Gasteiger partial charge on any atom is -0.423 e. The van der Waals surface area contributed by atoms with Crippen LogP contribution >= 0.6 is 11.3 Å². The summed E-state index contributed by atoms with van der Waals surface area (Å²) < 4.78 is 14.7. The number of fused-ring (bicyclic) bond motifs is 3. The van der Waals surface area contributed by atoms with E-state index in [-0.39, 0.29) is 5.82 Å². The molecule has 0 aliphatic rings. The standard InChI is InChI=1S/C12H8BFO2S/c14-7-4-5-8-9-2-1-3-10(13(15)16)12(9)17-11(8)6-7/h1-6,15-16H. The summed E-state index contributed by atoms with van der Waals surface area (Å²) in [6.07, 6.45) is 0. The van der Waals surface area contributed by atoms with E-state index in [1.54, 1.807) is 18.2 Å². The smallest absolute Gasteiger partial charge is 0.423 e. The van der Waals surface area contributed by atoms with Crippen molar-refractivity contribution in [3.05, 3.63) is 42.2 Å². The van der Waals surface area contributed by atoms with Crippen LogP contribution in [-0.4, -0.2) is 17.2 Å². The van der Waals surface area contributed by atoms with Gasteiger partial charge in [-0.2, -0.15) is 0 Å². The molecule has 3 aromatic rings. The van der Waals surface area contributed by atoms with Crippen molar-refractivity contribution in [3.63, 3.8) is 0 Å². The fourth-order valence-electron chi connectivity index (χ4n) is 2.00. The first-order valence-corrected chi connectivity index (χ1v) is 5.95. The Hall–Kier alpha value is -1.43. The van der Waals surface area contributed by atoms with E-state index in [1.165, 1.54) is 23.5 Å². The third kappa shape index (κ3) is 1.63. The van der Waals surface area contributed by atoms with Gasteiger partial charge in [0.15, 0.2) is 0 Å². The molecule has 0 saturated carbocycles. The lowest BCUT2D eigenvalue weighted by Gasteiger charge is -1.99. The highest BCUT2D eigenvalue weighted by molar-refractivity contribution is 7.27. The minimum absolute atomic E-state index is 0.282. The zero-order chi connectivity index (χ0) is 12.0. The molecule has 0 bridgehead atoms. The largest absolute Gasteiger partial charge is 0.489 e. The van der Waals surface area contributed by atoms with Crippen molar-refractivity contribution >= 4 is 44.1 Å². The third-order valence-electron chi connectivity index (χ3n) is 2.77. The van der Waals surface area contributed by atoms with Crippen molar-refractivity contribution in [3.8, 4) is 0 Å². The summed E-state index contributed by atoms with van der Waals surface area (Å²) in [5.41, 5.74) is 0.462. The Bertz CT molecular complexity index is 708. The fraction of sp³-hybridized carbons (Fsp3) is 0. The van der Waals surface area contributed by atoms with Crippen molar-refractivity contribution < 1.29 is 14.4 Å². The van der Waals surface area contributed by atoms with E-state index in [1.807, 2.05) is 6.07 Å². The van der Waals surface area contributed by atoms with Gasteiger partial charge in [0.05, 0.1) is 0 Å². The van der Waals surface area contributed by atoms with Gasteiger partial charge in [0.2, 0.25) is 0 Å². The van der Waals surface area contributed by atoms with Crippen LogP contribution in [0.5, 0.6) is 0 Å². The number of halogens is 1. The molecule has 0 aliphatic carbocycles. The molecule has 0 aliphatic heterocycles. The molecule has 0 amide bonds. The van der Waals surface area contributed by atoms with Crippen LogP contribution in [0.4, 0.5) is 4.39 Å². The number of thiophene rings is 1. The van der Waals surface area contributed by atoms with Gasteiger partial charge in [0.25, 0.3) is 0 Å². The monoisotopic (exact) mass is 246 g/mol. The molecule has 0 radical (unpaired) electrons. The Morgan fingerprint density at radius 2 is 1.88 bits per heavy atom. The Balaban J connectivity index is 2.46. The molecule has 0 saturated heterocycles. The molecule has 2 nitrogen and oxygen atoms in total. The van der Waals surface area contributed by atoms with E-state index in [4.69, 9.17) is 0 Å². The molecule has 0 fully saturated rings. The Morgan fingerprint density at radius 3 is 2.65 bits per heavy atom. The number of benzene rings is 2. The van der Waals surface area contributed by atoms with Gasteiger partial charge in [-0.15, -0.1) is 11.3 Å².